The van der Waals surface area contributed by atoms with Gasteiger partial charge in [0.05, 0.1) is 0 Å². The summed E-state index contributed by atoms with van der Waals surface area (Å²) >= 11 is 3.41. The zero-order valence-electron chi connectivity index (χ0n) is 9.96. The summed E-state index contributed by atoms with van der Waals surface area (Å²) in [5.74, 6) is 0. The molecule has 0 amide bonds. The highest BCUT2D eigenvalue weighted by molar-refractivity contribution is 9.10. The Labute approximate surface area is 106 Å². The fourth-order valence-corrected chi connectivity index (χ4v) is 2.01. The largest absolute Gasteiger partial charge is 0.313 e. The summed E-state index contributed by atoms with van der Waals surface area (Å²) in [6.45, 7) is 5.67. The third kappa shape index (κ3) is 3.87. The van der Waals surface area contributed by atoms with Crippen LogP contribution in [0.25, 0.3) is 0 Å². The van der Waals surface area contributed by atoms with Gasteiger partial charge in [0.1, 0.15) is 0 Å². The van der Waals surface area contributed by atoms with Crippen molar-refractivity contribution in [2.24, 2.45) is 5.41 Å². The van der Waals surface area contributed by atoms with E-state index in [9.17, 15) is 0 Å². The van der Waals surface area contributed by atoms with Crippen LogP contribution in [-0.2, 0) is 6.42 Å². The zero-order chi connectivity index (χ0) is 11.6. The Hall–Kier alpha value is -0.410. The van der Waals surface area contributed by atoms with Crippen molar-refractivity contribution in [3.05, 3.63) is 28.5 Å². The van der Waals surface area contributed by atoms with Gasteiger partial charge in [-0.05, 0) is 52.7 Å². The summed E-state index contributed by atoms with van der Waals surface area (Å²) in [6, 6.07) is 4.95. The van der Waals surface area contributed by atoms with E-state index in [0.29, 0.717) is 0 Å². The number of nitrogens with zero attached hydrogens (tertiary/aromatic N) is 1. The minimum atomic E-state index is 0.281. The summed E-state index contributed by atoms with van der Waals surface area (Å²) in [6.07, 6.45) is 5.61. The van der Waals surface area contributed by atoms with E-state index in [1.54, 1.807) is 0 Å². The average Bonchev–Trinajstić information content (AvgIpc) is 3.02. The molecule has 0 radical (unpaired) electrons. The van der Waals surface area contributed by atoms with Crippen molar-refractivity contribution in [2.75, 3.05) is 6.54 Å². The topological polar surface area (TPSA) is 24.9 Å². The molecule has 16 heavy (non-hydrogen) atoms. The first-order valence-corrected chi connectivity index (χ1v) is 6.68. The van der Waals surface area contributed by atoms with E-state index in [1.807, 2.05) is 6.20 Å². The molecule has 1 heterocycles. The second-order valence-corrected chi connectivity index (χ2v) is 6.38. The van der Waals surface area contributed by atoms with Crippen molar-refractivity contribution in [2.45, 2.75) is 39.2 Å². The van der Waals surface area contributed by atoms with Gasteiger partial charge in [-0.1, -0.05) is 13.8 Å². The van der Waals surface area contributed by atoms with Crippen LogP contribution in [0.4, 0.5) is 0 Å². The van der Waals surface area contributed by atoms with Crippen molar-refractivity contribution < 1.29 is 0 Å². The van der Waals surface area contributed by atoms with Crippen molar-refractivity contribution in [3.8, 4) is 0 Å². The first-order chi connectivity index (χ1) is 7.55. The molecule has 1 fully saturated rings. The molecule has 0 saturated heterocycles. The Morgan fingerprint density at radius 2 is 2.19 bits per heavy atom. The molecule has 0 unspecified atom stereocenters. The molecule has 1 aliphatic carbocycles. The smallest absolute Gasteiger partial charge is 0.0413 e. The number of pyridine rings is 1. The van der Waals surface area contributed by atoms with E-state index in [2.05, 4.69) is 52.2 Å². The normalized spacial score (nSPS) is 16.4. The average molecular weight is 283 g/mol. The van der Waals surface area contributed by atoms with Gasteiger partial charge >= 0.3 is 0 Å². The number of aromatic nitrogens is 1. The van der Waals surface area contributed by atoms with Crippen LogP contribution in [0.1, 0.15) is 32.4 Å². The minimum absolute atomic E-state index is 0.281. The number of halogens is 1. The molecule has 1 N–H and O–H groups in total. The molecule has 1 aromatic rings. The summed E-state index contributed by atoms with van der Waals surface area (Å²) in [5.41, 5.74) is 1.45. The fourth-order valence-electron chi connectivity index (χ4n) is 1.77. The maximum Gasteiger partial charge on any atom is 0.0413 e. The van der Waals surface area contributed by atoms with Crippen molar-refractivity contribution in [3.63, 3.8) is 0 Å². The Balaban J connectivity index is 1.87. The highest BCUT2D eigenvalue weighted by Gasteiger charge is 2.25. The van der Waals surface area contributed by atoms with E-state index in [-0.39, 0.29) is 5.41 Å². The third-order valence-electron chi connectivity index (χ3n) is 2.89. The first-order valence-electron chi connectivity index (χ1n) is 5.89. The number of hydrogen-bond donors (Lipinski definition) is 1. The second kappa shape index (κ2) is 4.84. The lowest BCUT2D eigenvalue weighted by Crippen LogP contribution is -2.32. The minimum Gasteiger partial charge on any atom is -0.313 e. The molecular weight excluding hydrogens is 264 g/mol. The molecule has 2 rings (SSSR count). The van der Waals surface area contributed by atoms with Crippen molar-refractivity contribution >= 4 is 15.9 Å². The number of hydrogen-bond acceptors (Lipinski definition) is 2. The van der Waals surface area contributed by atoms with Crippen LogP contribution in [0.2, 0.25) is 0 Å². The SMILES string of the molecule is CC(C)(CNC1CC1)Cc1ccc(Br)cn1. The lowest BCUT2D eigenvalue weighted by atomic mass is 9.87. The Morgan fingerprint density at radius 3 is 2.75 bits per heavy atom. The molecule has 0 aromatic carbocycles. The molecule has 0 aliphatic heterocycles. The van der Waals surface area contributed by atoms with Gasteiger partial charge in [0.15, 0.2) is 0 Å². The zero-order valence-corrected chi connectivity index (χ0v) is 11.5. The summed E-state index contributed by atoms with van der Waals surface area (Å²) in [5, 5.41) is 3.59. The molecule has 1 saturated carbocycles. The van der Waals surface area contributed by atoms with Crippen LogP contribution in [0.15, 0.2) is 22.8 Å². The maximum absolute atomic E-state index is 4.43. The molecule has 3 heteroatoms. The summed E-state index contributed by atoms with van der Waals surface area (Å²) < 4.78 is 1.05. The standard InChI is InChI=1S/C13H19BrN2/c1-13(2,9-16-11-5-6-11)7-12-4-3-10(14)8-15-12/h3-4,8,11,16H,5-7,9H2,1-2H3. The molecule has 0 bridgehead atoms. The fraction of sp³-hybridized carbons (Fsp3) is 0.615. The van der Waals surface area contributed by atoms with E-state index in [4.69, 9.17) is 0 Å². The van der Waals surface area contributed by atoms with Gasteiger partial charge in [-0.25, -0.2) is 0 Å². The van der Waals surface area contributed by atoms with Crippen LogP contribution in [0.3, 0.4) is 0 Å². The van der Waals surface area contributed by atoms with Crippen LogP contribution >= 0.6 is 15.9 Å². The van der Waals surface area contributed by atoms with E-state index < -0.39 is 0 Å². The van der Waals surface area contributed by atoms with Gasteiger partial charge in [0.2, 0.25) is 0 Å². The van der Waals surface area contributed by atoms with Crippen LogP contribution in [0, 0.1) is 5.41 Å². The molecule has 1 aliphatic rings. The second-order valence-electron chi connectivity index (χ2n) is 5.46. The van der Waals surface area contributed by atoms with Crippen LogP contribution < -0.4 is 5.32 Å². The highest BCUT2D eigenvalue weighted by atomic mass is 79.9. The van der Waals surface area contributed by atoms with Gasteiger partial charge in [-0.2, -0.15) is 0 Å². The van der Waals surface area contributed by atoms with Gasteiger partial charge in [-0.15, -0.1) is 0 Å². The van der Waals surface area contributed by atoms with Crippen LogP contribution in [0.5, 0.6) is 0 Å². The van der Waals surface area contributed by atoms with Crippen molar-refractivity contribution in [1.82, 2.24) is 10.3 Å². The van der Waals surface area contributed by atoms with Gasteiger partial charge in [-0.3, -0.25) is 4.98 Å². The van der Waals surface area contributed by atoms with E-state index in [1.165, 1.54) is 18.5 Å². The van der Waals surface area contributed by atoms with Crippen molar-refractivity contribution in [1.29, 1.82) is 0 Å². The highest BCUT2D eigenvalue weighted by Crippen LogP contribution is 2.24. The lowest BCUT2D eigenvalue weighted by Gasteiger charge is -2.24. The molecule has 88 valence electrons. The Bertz CT molecular complexity index is 341. The Kier molecular flexibility index (Phi) is 3.65. The summed E-state index contributed by atoms with van der Waals surface area (Å²) in [7, 11) is 0. The third-order valence-corrected chi connectivity index (χ3v) is 3.36. The number of rotatable bonds is 5. The van der Waals surface area contributed by atoms with Gasteiger partial charge in [0.25, 0.3) is 0 Å². The molecule has 2 nitrogen and oxygen atoms in total. The van der Waals surface area contributed by atoms with E-state index in [0.717, 1.165) is 23.5 Å². The van der Waals surface area contributed by atoms with Gasteiger partial charge in [0, 0.05) is 29.0 Å². The van der Waals surface area contributed by atoms with Crippen LogP contribution in [-0.4, -0.2) is 17.6 Å². The molecular formula is C13H19BrN2. The first kappa shape index (κ1) is 12.1. The van der Waals surface area contributed by atoms with E-state index >= 15 is 0 Å². The van der Waals surface area contributed by atoms with Gasteiger partial charge < -0.3 is 5.32 Å². The Morgan fingerprint density at radius 1 is 1.44 bits per heavy atom. The molecule has 1 aromatic heterocycles. The predicted molar refractivity (Wildman–Crippen MR) is 70.4 cm³/mol. The quantitative estimate of drug-likeness (QED) is 0.897. The lowest BCUT2D eigenvalue weighted by molar-refractivity contribution is 0.334. The maximum atomic E-state index is 4.43. The number of nitrogens with one attached hydrogen (secondary N) is 1. The molecule has 0 atom stereocenters. The monoisotopic (exact) mass is 282 g/mol. The molecule has 0 spiro atoms. The predicted octanol–water partition coefficient (Wildman–Crippen LogP) is 3.16. The summed E-state index contributed by atoms with van der Waals surface area (Å²) in [4.78, 5) is 4.43.